The van der Waals surface area contributed by atoms with Crippen molar-refractivity contribution in [1.29, 1.82) is 0 Å². The molecule has 1 aliphatic carbocycles. The maximum Gasteiger partial charge on any atom is 0.256 e. The fourth-order valence-electron chi connectivity index (χ4n) is 3.27. The Morgan fingerprint density at radius 1 is 1.23 bits per heavy atom. The monoisotopic (exact) mass is 362 g/mol. The molecule has 146 valence electrons. The van der Waals surface area contributed by atoms with Gasteiger partial charge in [-0.25, -0.2) is 4.98 Å². The van der Waals surface area contributed by atoms with Crippen LogP contribution in [0.3, 0.4) is 0 Å². The number of amides is 1. The molecule has 5 heteroatoms. The number of ether oxygens (including phenoxy) is 2. The first-order valence-electron chi connectivity index (χ1n) is 10.1. The molecule has 0 bridgehead atoms. The molecule has 0 radical (unpaired) electrons. The average Bonchev–Trinajstić information content (AvgIpc) is 2.64. The van der Waals surface area contributed by atoms with Crippen molar-refractivity contribution < 1.29 is 14.3 Å². The lowest BCUT2D eigenvalue weighted by molar-refractivity contribution is -0.147. The van der Waals surface area contributed by atoms with Crippen LogP contribution in [0.2, 0.25) is 0 Å². The predicted octanol–water partition coefficient (Wildman–Crippen LogP) is 4.88. The van der Waals surface area contributed by atoms with Gasteiger partial charge in [0.1, 0.15) is 5.60 Å². The van der Waals surface area contributed by atoms with Crippen molar-refractivity contribution in [3.05, 3.63) is 17.8 Å². The zero-order chi connectivity index (χ0) is 19.0. The molecule has 0 unspecified atom stereocenters. The third-order valence-electron chi connectivity index (χ3n) is 5.13. The van der Waals surface area contributed by atoms with Crippen LogP contribution in [0.15, 0.2) is 12.1 Å². The predicted molar refractivity (Wildman–Crippen MR) is 105 cm³/mol. The van der Waals surface area contributed by atoms with Gasteiger partial charge in [0.25, 0.3) is 5.91 Å². The molecule has 1 aliphatic rings. The summed E-state index contributed by atoms with van der Waals surface area (Å²) in [6.45, 7) is 9.62. The van der Waals surface area contributed by atoms with Gasteiger partial charge in [-0.15, -0.1) is 0 Å². The van der Waals surface area contributed by atoms with Gasteiger partial charge in [0.2, 0.25) is 5.88 Å². The molecular weight excluding hydrogens is 328 g/mol. The fourth-order valence-corrected chi connectivity index (χ4v) is 3.27. The molecule has 1 N–H and O–H groups in total. The summed E-state index contributed by atoms with van der Waals surface area (Å²) in [4.78, 5) is 17.5. The highest BCUT2D eigenvalue weighted by Crippen LogP contribution is 2.36. The van der Waals surface area contributed by atoms with Crippen molar-refractivity contribution in [1.82, 2.24) is 4.98 Å². The zero-order valence-electron chi connectivity index (χ0n) is 16.8. The van der Waals surface area contributed by atoms with E-state index in [1.807, 2.05) is 19.1 Å². The van der Waals surface area contributed by atoms with E-state index in [1.54, 1.807) is 0 Å². The van der Waals surface area contributed by atoms with Crippen LogP contribution in [0.4, 0.5) is 5.69 Å². The van der Waals surface area contributed by atoms with Crippen molar-refractivity contribution in [3.8, 4) is 5.88 Å². The number of hydrogen-bond donors (Lipinski definition) is 1. The number of pyridine rings is 1. The van der Waals surface area contributed by atoms with Crippen LogP contribution in [0, 0.1) is 12.8 Å². The molecular formula is C21H34N2O3. The first-order valence-corrected chi connectivity index (χ1v) is 10.1. The summed E-state index contributed by atoms with van der Waals surface area (Å²) in [7, 11) is 0. The Bertz CT molecular complexity index is 575. The molecule has 0 aliphatic heterocycles. The van der Waals surface area contributed by atoms with E-state index in [0.29, 0.717) is 25.0 Å². The molecule has 1 aromatic heterocycles. The molecule has 0 spiro atoms. The molecule has 1 aromatic rings. The van der Waals surface area contributed by atoms with Gasteiger partial charge in [0.15, 0.2) is 0 Å². The summed E-state index contributed by atoms with van der Waals surface area (Å²) in [6.07, 6.45) is 6.63. The van der Waals surface area contributed by atoms with Crippen LogP contribution in [-0.2, 0) is 9.53 Å². The fraction of sp³-hybridized carbons (Fsp3) is 0.714. The van der Waals surface area contributed by atoms with Gasteiger partial charge >= 0.3 is 0 Å². The summed E-state index contributed by atoms with van der Waals surface area (Å²) in [5.41, 5.74) is 0.795. The van der Waals surface area contributed by atoms with E-state index in [-0.39, 0.29) is 5.91 Å². The Morgan fingerprint density at radius 3 is 2.58 bits per heavy atom. The van der Waals surface area contributed by atoms with Gasteiger partial charge in [0.05, 0.1) is 18.0 Å². The Kier molecular flexibility index (Phi) is 7.88. The Morgan fingerprint density at radius 2 is 1.96 bits per heavy atom. The first kappa shape index (κ1) is 20.7. The number of aromatic nitrogens is 1. The molecule has 1 amide bonds. The normalized spacial score (nSPS) is 22.8. The van der Waals surface area contributed by atoms with Gasteiger partial charge in [-0.2, -0.15) is 0 Å². The highest BCUT2D eigenvalue weighted by atomic mass is 16.5. The van der Waals surface area contributed by atoms with Crippen molar-refractivity contribution >= 4 is 11.6 Å². The highest BCUT2D eigenvalue weighted by molar-refractivity contribution is 5.97. The lowest BCUT2D eigenvalue weighted by Gasteiger charge is -2.38. The van der Waals surface area contributed by atoms with E-state index in [4.69, 9.17) is 9.47 Å². The van der Waals surface area contributed by atoms with E-state index in [9.17, 15) is 4.79 Å². The molecule has 1 heterocycles. The van der Waals surface area contributed by atoms with E-state index in [1.165, 1.54) is 0 Å². The summed E-state index contributed by atoms with van der Waals surface area (Å²) in [5, 5.41) is 3.06. The topological polar surface area (TPSA) is 60.5 Å². The summed E-state index contributed by atoms with van der Waals surface area (Å²) in [6, 6.07) is 3.70. The number of aryl methyl sites for hydroxylation is 1. The maximum absolute atomic E-state index is 13.1. The largest absolute Gasteiger partial charge is 0.478 e. The summed E-state index contributed by atoms with van der Waals surface area (Å²) < 4.78 is 11.7. The van der Waals surface area contributed by atoms with E-state index >= 15 is 0 Å². The number of rotatable bonds is 9. The van der Waals surface area contributed by atoms with Gasteiger partial charge in [-0.3, -0.25) is 4.79 Å². The lowest BCUT2D eigenvalue weighted by atomic mass is 9.78. The van der Waals surface area contributed by atoms with Crippen LogP contribution in [0.1, 0.15) is 71.4 Å². The van der Waals surface area contributed by atoms with Crippen LogP contribution in [-0.4, -0.2) is 29.7 Å². The van der Waals surface area contributed by atoms with Gasteiger partial charge < -0.3 is 14.8 Å². The molecule has 26 heavy (non-hydrogen) atoms. The number of nitrogens with zero attached hydrogens (tertiary/aromatic N) is 1. The number of unbranched alkanes of at least 4 members (excludes halogenated alkanes) is 1. The molecule has 0 aromatic carbocycles. The Balaban J connectivity index is 2.06. The third-order valence-corrected chi connectivity index (χ3v) is 5.13. The Labute approximate surface area is 157 Å². The Hall–Kier alpha value is -1.62. The maximum atomic E-state index is 13.1. The third kappa shape index (κ3) is 5.44. The van der Waals surface area contributed by atoms with Crippen LogP contribution >= 0.6 is 0 Å². The van der Waals surface area contributed by atoms with Gasteiger partial charge in [-0.1, -0.05) is 27.2 Å². The summed E-state index contributed by atoms with van der Waals surface area (Å²) >= 11 is 0. The molecule has 0 saturated heterocycles. The highest BCUT2D eigenvalue weighted by Gasteiger charge is 2.42. The second-order valence-corrected chi connectivity index (χ2v) is 7.46. The minimum atomic E-state index is -0.703. The van der Waals surface area contributed by atoms with Crippen molar-refractivity contribution in [2.75, 3.05) is 18.5 Å². The number of nitrogens with one attached hydrogen (secondary N) is 1. The number of carbonyl (C=O) groups is 1. The number of carbonyl (C=O) groups excluding carboxylic acids is 1. The van der Waals surface area contributed by atoms with Crippen molar-refractivity contribution in [2.45, 2.75) is 78.2 Å². The molecule has 2 rings (SSSR count). The molecule has 0 atom stereocenters. The first-order chi connectivity index (χ1) is 12.5. The van der Waals surface area contributed by atoms with E-state index in [2.05, 4.69) is 31.1 Å². The SMILES string of the molecule is CCCCOc1ccc(NC(=O)C2(OCCC)CCC(C)CC2)c(C)n1. The standard InChI is InChI=1S/C21H34N2O3/c1-5-7-15-25-19-9-8-18(17(4)22-19)23-20(24)21(26-14-6-2)12-10-16(3)11-13-21/h8-9,16H,5-7,10-15H2,1-4H3,(H,23,24). The second kappa shape index (κ2) is 9.91. The van der Waals surface area contributed by atoms with Crippen LogP contribution in [0.5, 0.6) is 5.88 Å². The minimum absolute atomic E-state index is 0.0394. The second-order valence-electron chi connectivity index (χ2n) is 7.46. The van der Waals surface area contributed by atoms with E-state index < -0.39 is 5.60 Å². The molecule has 1 fully saturated rings. The van der Waals surface area contributed by atoms with Gasteiger partial charge in [-0.05, 0) is 57.4 Å². The van der Waals surface area contributed by atoms with Crippen LogP contribution < -0.4 is 10.1 Å². The summed E-state index contributed by atoms with van der Waals surface area (Å²) in [5.74, 6) is 1.23. The van der Waals surface area contributed by atoms with Gasteiger partial charge in [0, 0.05) is 12.7 Å². The number of hydrogen-bond acceptors (Lipinski definition) is 4. The minimum Gasteiger partial charge on any atom is -0.478 e. The smallest absolute Gasteiger partial charge is 0.256 e. The molecule has 1 saturated carbocycles. The van der Waals surface area contributed by atoms with Crippen LogP contribution in [0.25, 0.3) is 0 Å². The number of anilines is 1. The molecule has 5 nitrogen and oxygen atoms in total. The lowest BCUT2D eigenvalue weighted by Crippen LogP contribution is -2.48. The van der Waals surface area contributed by atoms with E-state index in [0.717, 1.165) is 56.3 Å². The van der Waals surface area contributed by atoms with Crippen molar-refractivity contribution in [3.63, 3.8) is 0 Å². The zero-order valence-corrected chi connectivity index (χ0v) is 16.8. The van der Waals surface area contributed by atoms with Crippen molar-refractivity contribution in [2.24, 2.45) is 5.92 Å². The quantitative estimate of drug-likeness (QED) is 0.636. The average molecular weight is 363 g/mol.